The van der Waals surface area contributed by atoms with Crippen LogP contribution in [0.15, 0.2) is 36.7 Å². The van der Waals surface area contributed by atoms with Gasteiger partial charge in [0.25, 0.3) is 0 Å². The molecule has 2 aromatic rings. The monoisotopic (exact) mass is 427 g/mol. The van der Waals surface area contributed by atoms with Gasteiger partial charge in [-0.2, -0.15) is 0 Å². The number of benzene rings is 1. The highest BCUT2D eigenvalue weighted by atomic mass is 19.1. The minimum Gasteiger partial charge on any atom is -0.442 e. The number of ether oxygens (including phenoxy) is 1. The van der Waals surface area contributed by atoms with Crippen molar-refractivity contribution in [1.29, 1.82) is 0 Å². The van der Waals surface area contributed by atoms with Gasteiger partial charge in [-0.25, -0.2) is 9.18 Å². The maximum Gasteiger partial charge on any atom is 0.414 e. The average molecular weight is 427 g/mol. The molecule has 1 unspecified atom stereocenters. The second-order valence-corrected chi connectivity index (χ2v) is 7.83. The van der Waals surface area contributed by atoms with Crippen LogP contribution in [0, 0.1) is 12.7 Å². The van der Waals surface area contributed by atoms with Crippen LogP contribution >= 0.6 is 0 Å². The Morgan fingerprint density at radius 3 is 2.55 bits per heavy atom. The first-order chi connectivity index (χ1) is 14.9. The molecule has 2 amide bonds. The van der Waals surface area contributed by atoms with Gasteiger partial charge in [0.15, 0.2) is 0 Å². The van der Waals surface area contributed by atoms with E-state index in [1.54, 1.807) is 18.3 Å². The molecule has 0 radical (unpaired) electrons. The Morgan fingerprint density at radius 1 is 1.19 bits per heavy atom. The highest BCUT2D eigenvalue weighted by molar-refractivity contribution is 5.90. The van der Waals surface area contributed by atoms with Gasteiger partial charge in [-0.05, 0) is 36.8 Å². The second-order valence-electron chi connectivity index (χ2n) is 7.83. The molecule has 164 valence electrons. The van der Waals surface area contributed by atoms with Gasteiger partial charge in [-0.15, -0.1) is 0 Å². The van der Waals surface area contributed by atoms with E-state index in [1.807, 2.05) is 17.2 Å². The van der Waals surface area contributed by atoms with Crippen LogP contribution in [-0.2, 0) is 9.53 Å². The highest BCUT2D eigenvalue weighted by Gasteiger charge is 2.33. The fourth-order valence-corrected chi connectivity index (χ4v) is 3.99. The lowest BCUT2D eigenvalue weighted by Gasteiger charge is -2.38. The molecule has 9 heteroatoms. The van der Waals surface area contributed by atoms with E-state index in [9.17, 15) is 14.0 Å². The van der Waals surface area contributed by atoms with Crippen molar-refractivity contribution in [2.75, 3.05) is 54.0 Å². The molecule has 2 saturated heterocycles. The van der Waals surface area contributed by atoms with E-state index >= 15 is 0 Å². The number of rotatable bonds is 5. The van der Waals surface area contributed by atoms with Gasteiger partial charge >= 0.3 is 6.09 Å². The molecule has 2 aliphatic heterocycles. The van der Waals surface area contributed by atoms with Crippen molar-refractivity contribution in [3.8, 4) is 0 Å². The molecule has 0 aliphatic carbocycles. The third kappa shape index (κ3) is 4.55. The van der Waals surface area contributed by atoms with Gasteiger partial charge in [-0.1, -0.05) is 0 Å². The summed E-state index contributed by atoms with van der Waals surface area (Å²) in [5.41, 5.74) is 3.25. The number of piperazine rings is 1. The number of aryl methyl sites for hydroxylation is 1. The summed E-state index contributed by atoms with van der Waals surface area (Å²) in [6.45, 7) is 6.89. The molecule has 2 fully saturated rings. The summed E-state index contributed by atoms with van der Waals surface area (Å²) < 4.78 is 20.2. The van der Waals surface area contributed by atoms with Crippen LogP contribution in [0.5, 0.6) is 0 Å². The molecule has 31 heavy (non-hydrogen) atoms. The first-order valence-electron chi connectivity index (χ1n) is 10.3. The van der Waals surface area contributed by atoms with Crippen LogP contribution in [0.4, 0.5) is 26.2 Å². The number of anilines is 3. The molecule has 1 N–H and O–H groups in total. The Labute approximate surface area is 180 Å². The van der Waals surface area contributed by atoms with Crippen molar-refractivity contribution in [3.05, 3.63) is 48.0 Å². The summed E-state index contributed by atoms with van der Waals surface area (Å²) in [7, 11) is 0. The Bertz CT molecular complexity index is 977. The zero-order valence-corrected chi connectivity index (χ0v) is 17.7. The normalized spacial score (nSPS) is 18.9. The van der Waals surface area contributed by atoms with Crippen molar-refractivity contribution >= 4 is 29.1 Å². The average Bonchev–Trinajstić information content (AvgIpc) is 3.13. The quantitative estimate of drug-likeness (QED) is 0.789. The predicted octanol–water partition coefficient (Wildman–Crippen LogP) is 2.32. The molecule has 2 aliphatic rings. The number of carbonyl (C=O) groups excluding carboxylic acids is 2. The first-order valence-corrected chi connectivity index (χ1v) is 10.3. The van der Waals surface area contributed by atoms with Crippen molar-refractivity contribution < 1.29 is 18.7 Å². The highest BCUT2D eigenvalue weighted by Crippen LogP contribution is 2.29. The summed E-state index contributed by atoms with van der Waals surface area (Å²) in [5.74, 6) is -0.565. The Balaban J connectivity index is 1.40. The first kappa shape index (κ1) is 20.9. The van der Waals surface area contributed by atoms with Crippen molar-refractivity contribution in [2.24, 2.45) is 0 Å². The Kier molecular flexibility index (Phi) is 5.92. The summed E-state index contributed by atoms with van der Waals surface area (Å²) in [4.78, 5) is 33.1. The summed E-state index contributed by atoms with van der Waals surface area (Å²) >= 11 is 0. The van der Waals surface area contributed by atoms with E-state index < -0.39 is 12.2 Å². The van der Waals surface area contributed by atoms with E-state index in [0.29, 0.717) is 24.5 Å². The van der Waals surface area contributed by atoms with Crippen molar-refractivity contribution in [2.45, 2.75) is 20.0 Å². The lowest BCUT2D eigenvalue weighted by atomic mass is 10.1. The molecule has 4 rings (SSSR count). The molecule has 1 aromatic carbocycles. The largest absolute Gasteiger partial charge is 0.442 e. The van der Waals surface area contributed by atoms with Gasteiger partial charge in [0.2, 0.25) is 5.91 Å². The van der Waals surface area contributed by atoms with Gasteiger partial charge in [0.05, 0.1) is 36.3 Å². The number of nitrogens with zero attached hydrogens (tertiary/aromatic N) is 4. The van der Waals surface area contributed by atoms with Crippen molar-refractivity contribution in [1.82, 2.24) is 10.3 Å². The molecule has 3 heterocycles. The van der Waals surface area contributed by atoms with Crippen LogP contribution in [0.1, 0.15) is 12.5 Å². The number of amides is 2. The predicted molar refractivity (Wildman–Crippen MR) is 116 cm³/mol. The molecular weight excluding hydrogens is 401 g/mol. The molecular formula is C22H26FN5O3. The number of hydrogen-bond acceptors (Lipinski definition) is 6. The van der Waals surface area contributed by atoms with Gasteiger partial charge in [-0.3, -0.25) is 14.7 Å². The van der Waals surface area contributed by atoms with Gasteiger partial charge < -0.3 is 19.9 Å². The zero-order valence-electron chi connectivity index (χ0n) is 17.7. The van der Waals surface area contributed by atoms with Crippen LogP contribution in [0.25, 0.3) is 0 Å². The smallest absolute Gasteiger partial charge is 0.414 e. The lowest BCUT2D eigenvalue weighted by Crippen LogP contribution is -2.47. The minimum atomic E-state index is -0.539. The zero-order chi connectivity index (χ0) is 22.0. The van der Waals surface area contributed by atoms with E-state index in [1.165, 1.54) is 23.5 Å². The van der Waals surface area contributed by atoms with Crippen LogP contribution < -0.4 is 20.0 Å². The summed E-state index contributed by atoms with van der Waals surface area (Å²) in [6.07, 6.45) is 2.66. The number of aromatic nitrogens is 1. The van der Waals surface area contributed by atoms with E-state index in [4.69, 9.17) is 4.74 Å². The van der Waals surface area contributed by atoms with Crippen LogP contribution in [-0.4, -0.2) is 62.4 Å². The number of nitrogens with one attached hydrogen (secondary N) is 1. The summed E-state index contributed by atoms with van der Waals surface area (Å²) in [5, 5.41) is 2.63. The summed E-state index contributed by atoms with van der Waals surface area (Å²) in [6, 6.07) is 6.81. The Morgan fingerprint density at radius 2 is 1.90 bits per heavy atom. The SMILES string of the molecule is CC(=O)NCC1CN(c2ccc(N3CCN(c4cnccc4C)CC3)c(F)c2)C(=O)O1. The van der Waals surface area contributed by atoms with Crippen molar-refractivity contribution in [3.63, 3.8) is 0 Å². The molecule has 0 spiro atoms. The molecule has 0 saturated carbocycles. The maximum absolute atomic E-state index is 14.9. The van der Waals surface area contributed by atoms with E-state index in [2.05, 4.69) is 22.1 Å². The molecule has 8 nitrogen and oxygen atoms in total. The topological polar surface area (TPSA) is 78.0 Å². The van der Waals surface area contributed by atoms with Crippen LogP contribution in [0.3, 0.4) is 0 Å². The standard InChI is InChI=1S/C22H26FN5O3/c1-15-5-6-24-13-21(15)27-9-7-26(8-10-27)20-4-3-17(11-19(20)23)28-14-18(31-22(28)30)12-25-16(2)29/h3-6,11,13,18H,7-10,12,14H2,1-2H3,(H,25,29). The Hall–Kier alpha value is -3.36. The van der Waals surface area contributed by atoms with E-state index in [-0.39, 0.29) is 24.8 Å². The minimum absolute atomic E-state index is 0.191. The molecule has 1 aromatic heterocycles. The number of hydrogen-bond donors (Lipinski definition) is 1. The van der Waals surface area contributed by atoms with Gasteiger partial charge in [0, 0.05) is 39.3 Å². The van der Waals surface area contributed by atoms with Gasteiger partial charge in [0.1, 0.15) is 11.9 Å². The molecule has 0 bridgehead atoms. The number of carbonyl (C=O) groups is 2. The third-order valence-corrected chi connectivity index (χ3v) is 5.67. The van der Waals surface area contributed by atoms with E-state index in [0.717, 1.165) is 18.8 Å². The number of pyridine rings is 1. The fraction of sp³-hybridized carbons (Fsp3) is 0.409. The molecule has 1 atom stereocenters. The lowest BCUT2D eigenvalue weighted by molar-refractivity contribution is -0.119. The fourth-order valence-electron chi connectivity index (χ4n) is 3.99. The second kappa shape index (κ2) is 8.79. The maximum atomic E-state index is 14.9. The number of cyclic esters (lactones) is 1. The van der Waals surface area contributed by atoms with Crippen LogP contribution in [0.2, 0.25) is 0 Å². The third-order valence-electron chi connectivity index (χ3n) is 5.67. The number of halogens is 1.